The Balaban J connectivity index is 1.32. The van der Waals surface area contributed by atoms with Gasteiger partial charge in [-0.3, -0.25) is 0 Å². The third-order valence-corrected chi connectivity index (χ3v) is 8.91. The molecule has 2 aromatic heterocycles. The van der Waals surface area contributed by atoms with Crippen LogP contribution < -0.4 is 0 Å². The number of nitrogens with zero attached hydrogens (tertiary/aromatic N) is 1. The van der Waals surface area contributed by atoms with Crippen molar-refractivity contribution in [1.82, 2.24) is 0 Å². The Hall–Kier alpha value is -6.37. The summed E-state index contributed by atoms with van der Waals surface area (Å²) in [6.07, 6.45) is 0. The van der Waals surface area contributed by atoms with E-state index in [2.05, 4.69) is 91.0 Å². The predicted octanol–water partition coefficient (Wildman–Crippen LogP) is 12.0. The van der Waals surface area contributed by atoms with Crippen LogP contribution in [0.1, 0.15) is 5.56 Å². The molecular weight excluding hydrogens is 562 g/mol. The van der Waals surface area contributed by atoms with Gasteiger partial charge in [-0.05, 0) is 99.6 Å². The van der Waals surface area contributed by atoms with Crippen LogP contribution in [0.5, 0.6) is 0 Å². The van der Waals surface area contributed by atoms with Crippen LogP contribution in [-0.4, -0.2) is 0 Å². The maximum absolute atomic E-state index is 10.3. The Labute approximate surface area is 265 Å². The fraction of sp³-hybridized carbons (Fsp3) is 0. The normalized spacial score (nSPS) is 11.5. The minimum Gasteiger partial charge on any atom is -0.456 e. The highest BCUT2D eigenvalue weighted by Gasteiger charge is 2.17. The summed E-state index contributed by atoms with van der Waals surface area (Å²) in [7, 11) is 0. The number of furan rings is 2. The summed E-state index contributed by atoms with van der Waals surface area (Å²) in [6.45, 7) is 0. The largest absolute Gasteiger partial charge is 0.456 e. The maximum atomic E-state index is 10.3. The van der Waals surface area contributed by atoms with Gasteiger partial charge in [0.05, 0.1) is 11.6 Å². The fourth-order valence-electron chi connectivity index (χ4n) is 6.73. The van der Waals surface area contributed by atoms with Crippen LogP contribution in [0.4, 0.5) is 0 Å². The SMILES string of the molecule is N#Cc1cccc(-c2ccccc2)c1-c1cc(-c2ccc3oc4ccccc4c3c2)cc(-c2ccc3oc4ccccc4c3c2)c1. The van der Waals surface area contributed by atoms with E-state index in [1.807, 2.05) is 66.7 Å². The molecule has 3 heteroatoms. The fourth-order valence-corrected chi connectivity index (χ4v) is 6.73. The van der Waals surface area contributed by atoms with Gasteiger partial charge in [-0.2, -0.15) is 5.26 Å². The van der Waals surface area contributed by atoms with Gasteiger partial charge in [0.25, 0.3) is 0 Å². The second-order valence-electron chi connectivity index (χ2n) is 11.6. The summed E-state index contributed by atoms with van der Waals surface area (Å²) < 4.78 is 12.3. The summed E-state index contributed by atoms with van der Waals surface area (Å²) in [5.74, 6) is 0. The molecule has 9 aromatic rings. The minimum atomic E-state index is 0.636. The van der Waals surface area contributed by atoms with Crippen molar-refractivity contribution in [1.29, 1.82) is 5.26 Å². The molecule has 0 spiro atoms. The van der Waals surface area contributed by atoms with Crippen molar-refractivity contribution in [2.45, 2.75) is 0 Å². The molecule has 214 valence electrons. The van der Waals surface area contributed by atoms with E-state index in [0.717, 1.165) is 88.4 Å². The van der Waals surface area contributed by atoms with E-state index >= 15 is 0 Å². The molecule has 3 nitrogen and oxygen atoms in total. The van der Waals surface area contributed by atoms with E-state index in [0.29, 0.717) is 5.56 Å². The highest BCUT2D eigenvalue weighted by molar-refractivity contribution is 6.08. The van der Waals surface area contributed by atoms with E-state index in [4.69, 9.17) is 8.83 Å². The van der Waals surface area contributed by atoms with E-state index < -0.39 is 0 Å². The van der Waals surface area contributed by atoms with Crippen molar-refractivity contribution in [2.24, 2.45) is 0 Å². The van der Waals surface area contributed by atoms with Crippen LogP contribution in [0.3, 0.4) is 0 Å². The minimum absolute atomic E-state index is 0.636. The second-order valence-corrected chi connectivity index (χ2v) is 11.6. The average Bonchev–Trinajstić information content (AvgIpc) is 3.69. The lowest BCUT2D eigenvalue weighted by Crippen LogP contribution is -1.92. The lowest BCUT2D eigenvalue weighted by atomic mass is 9.87. The molecule has 0 atom stereocenters. The van der Waals surface area contributed by atoms with Gasteiger partial charge in [-0.1, -0.05) is 91.0 Å². The summed E-state index contributed by atoms with van der Waals surface area (Å²) in [5.41, 5.74) is 12.4. The Morgan fingerprint density at radius 1 is 0.370 bits per heavy atom. The molecule has 0 N–H and O–H groups in total. The molecule has 7 aromatic carbocycles. The Morgan fingerprint density at radius 2 is 0.891 bits per heavy atom. The van der Waals surface area contributed by atoms with Crippen molar-refractivity contribution in [2.75, 3.05) is 0 Å². The van der Waals surface area contributed by atoms with Crippen molar-refractivity contribution in [3.8, 4) is 50.6 Å². The third kappa shape index (κ3) is 4.20. The molecule has 2 heterocycles. The molecule has 0 fully saturated rings. The summed E-state index contributed by atoms with van der Waals surface area (Å²) >= 11 is 0. The van der Waals surface area contributed by atoms with Gasteiger partial charge in [0.15, 0.2) is 0 Å². The predicted molar refractivity (Wildman–Crippen MR) is 187 cm³/mol. The molecule has 0 radical (unpaired) electrons. The zero-order valence-corrected chi connectivity index (χ0v) is 24.7. The molecule has 0 aliphatic carbocycles. The third-order valence-electron chi connectivity index (χ3n) is 8.91. The first-order valence-corrected chi connectivity index (χ1v) is 15.3. The zero-order valence-electron chi connectivity index (χ0n) is 24.7. The average molecular weight is 588 g/mol. The van der Waals surface area contributed by atoms with Gasteiger partial charge < -0.3 is 8.83 Å². The number of hydrogen-bond donors (Lipinski definition) is 0. The topological polar surface area (TPSA) is 50.1 Å². The molecular formula is C43H25NO2. The Kier molecular flexibility index (Phi) is 5.88. The quantitative estimate of drug-likeness (QED) is 0.206. The summed E-state index contributed by atoms with van der Waals surface area (Å²) in [5, 5.41) is 14.7. The molecule has 0 saturated carbocycles. The van der Waals surface area contributed by atoms with Crippen LogP contribution in [0.2, 0.25) is 0 Å². The smallest absolute Gasteiger partial charge is 0.135 e. The van der Waals surface area contributed by atoms with Crippen molar-refractivity contribution < 1.29 is 8.83 Å². The van der Waals surface area contributed by atoms with E-state index in [1.165, 1.54) is 0 Å². The van der Waals surface area contributed by atoms with Gasteiger partial charge in [-0.15, -0.1) is 0 Å². The number of fused-ring (bicyclic) bond motifs is 6. The van der Waals surface area contributed by atoms with Crippen molar-refractivity contribution >= 4 is 43.9 Å². The van der Waals surface area contributed by atoms with E-state index in [1.54, 1.807) is 0 Å². The Morgan fingerprint density at radius 3 is 1.48 bits per heavy atom. The first-order chi connectivity index (χ1) is 22.7. The monoisotopic (exact) mass is 587 g/mol. The van der Waals surface area contributed by atoms with Crippen LogP contribution in [0.15, 0.2) is 160 Å². The first kappa shape index (κ1) is 26.1. The van der Waals surface area contributed by atoms with Crippen LogP contribution in [-0.2, 0) is 0 Å². The second kappa shape index (κ2) is 10.4. The van der Waals surface area contributed by atoms with Crippen molar-refractivity contribution in [3.05, 3.63) is 157 Å². The molecule has 0 bridgehead atoms. The molecule has 0 unspecified atom stereocenters. The van der Waals surface area contributed by atoms with E-state index in [9.17, 15) is 5.26 Å². The molecule has 0 amide bonds. The van der Waals surface area contributed by atoms with Gasteiger partial charge in [-0.25, -0.2) is 0 Å². The number of hydrogen-bond acceptors (Lipinski definition) is 3. The van der Waals surface area contributed by atoms with Crippen LogP contribution in [0, 0.1) is 11.3 Å². The first-order valence-electron chi connectivity index (χ1n) is 15.3. The zero-order chi connectivity index (χ0) is 30.6. The maximum Gasteiger partial charge on any atom is 0.135 e. The lowest BCUT2D eigenvalue weighted by molar-refractivity contribution is 0.668. The number of benzene rings is 7. The highest BCUT2D eigenvalue weighted by Crippen LogP contribution is 2.41. The number of rotatable bonds is 4. The van der Waals surface area contributed by atoms with Gasteiger partial charge in [0, 0.05) is 27.1 Å². The molecule has 0 aliphatic heterocycles. The molecule has 0 saturated heterocycles. The lowest BCUT2D eigenvalue weighted by Gasteiger charge is -2.16. The van der Waals surface area contributed by atoms with Crippen LogP contribution in [0.25, 0.3) is 88.4 Å². The van der Waals surface area contributed by atoms with Gasteiger partial charge in [0.1, 0.15) is 22.3 Å². The number of nitriles is 1. The van der Waals surface area contributed by atoms with E-state index in [-0.39, 0.29) is 0 Å². The van der Waals surface area contributed by atoms with Crippen LogP contribution >= 0.6 is 0 Å². The summed E-state index contributed by atoms with van der Waals surface area (Å²) in [4.78, 5) is 0. The Bertz CT molecular complexity index is 2520. The highest BCUT2D eigenvalue weighted by atomic mass is 16.3. The molecule has 0 aliphatic rings. The molecule has 46 heavy (non-hydrogen) atoms. The standard InChI is InChI=1S/C43H25NO2/c44-26-30-11-8-14-34(27-9-2-1-3-10-27)43(30)33-22-31(28-17-19-41-37(24-28)35-12-4-6-15-39(35)45-41)21-32(23-33)29-18-20-42-38(25-29)36-13-5-7-16-40(36)46-42/h1-25H. The molecule has 9 rings (SSSR count). The van der Waals surface area contributed by atoms with Gasteiger partial charge >= 0.3 is 0 Å². The van der Waals surface area contributed by atoms with Gasteiger partial charge in [0.2, 0.25) is 0 Å². The summed E-state index contributed by atoms with van der Waals surface area (Å²) in [6, 6.07) is 54.5. The number of para-hydroxylation sites is 2. The van der Waals surface area contributed by atoms with Crippen molar-refractivity contribution in [3.63, 3.8) is 0 Å².